The Balaban J connectivity index is 1.75. The van der Waals surface area contributed by atoms with Crippen molar-refractivity contribution < 1.29 is 0 Å². The molecule has 8 aromatic rings. The molecule has 0 unspecified atom stereocenters. The highest BCUT2D eigenvalue weighted by molar-refractivity contribution is 6.48. The van der Waals surface area contributed by atoms with Crippen LogP contribution in [0.3, 0.4) is 0 Å². The van der Waals surface area contributed by atoms with E-state index in [0.29, 0.717) is 0 Å². The first kappa shape index (κ1) is 16.7. The molecular formula is C34H20. The van der Waals surface area contributed by atoms with E-state index in [1.165, 1.54) is 77.8 Å². The van der Waals surface area contributed by atoms with Crippen molar-refractivity contribution in [2.45, 2.75) is 25.7 Å². The third-order valence-corrected chi connectivity index (χ3v) is 9.31. The predicted molar refractivity (Wildman–Crippen MR) is 146 cm³/mol. The maximum absolute atomic E-state index is 2.38. The number of rotatable bonds is 0. The van der Waals surface area contributed by atoms with E-state index < -0.39 is 0 Å². The molecular weight excluding hydrogens is 408 g/mol. The lowest BCUT2D eigenvalue weighted by Crippen LogP contribution is -2.11. The summed E-state index contributed by atoms with van der Waals surface area (Å²) in [5, 5.41) is 20.9. The molecule has 0 bridgehead atoms. The van der Waals surface area contributed by atoms with Gasteiger partial charge in [-0.25, -0.2) is 0 Å². The Morgan fingerprint density at radius 1 is 0.294 bits per heavy atom. The summed E-state index contributed by atoms with van der Waals surface area (Å²) in [5.74, 6) is 0. The lowest BCUT2D eigenvalue weighted by atomic mass is 9.72. The summed E-state index contributed by atoms with van der Waals surface area (Å²) in [6.07, 6.45) is 4.66. The fourth-order valence-corrected chi connectivity index (χ4v) is 8.17. The van der Waals surface area contributed by atoms with Crippen LogP contribution in [0.15, 0.2) is 72.8 Å². The second-order valence-electron chi connectivity index (χ2n) is 10.6. The van der Waals surface area contributed by atoms with Gasteiger partial charge in [0.15, 0.2) is 0 Å². The van der Waals surface area contributed by atoms with Crippen LogP contribution >= 0.6 is 0 Å². The Morgan fingerprint density at radius 2 is 0.647 bits per heavy atom. The first-order valence-corrected chi connectivity index (χ1v) is 12.6. The van der Waals surface area contributed by atoms with Gasteiger partial charge < -0.3 is 0 Å². The highest BCUT2D eigenvalue weighted by atomic mass is 14.3. The highest BCUT2D eigenvalue weighted by Crippen LogP contribution is 2.55. The van der Waals surface area contributed by atoms with E-state index in [0.717, 1.165) is 12.8 Å². The number of hydrogen-bond acceptors (Lipinski definition) is 0. The van der Waals surface area contributed by atoms with Gasteiger partial charge in [-0.15, -0.1) is 0 Å². The van der Waals surface area contributed by atoms with Crippen LogP contribution in [0.2, 0.25) is 0 Å². The summed E-state index contributed by atoms with van der Waals surface area (Å²) in [6, 6.07) is 28.1. The molecule has 0 fully saturated rings. The van der Waals surface area contributed by atoms with Gasteiger partial charge >= 0.3 is 0 Å². The molecule has 10 rings (SSSR count). The van der Waals surface area contributed by atoms with Crippen molar-refractivity contribution >= 4 is 75.4 Å². The zero-order valence-corrected chi connectivity index (χ0v) is 18.8. The predicted octanol–water partition coefficient (Wildman–Crippen LogP) is 8.83. The van der Waals surface area contributed by atoms with Gasteiger partial charge in [-0.2, -0.15) is 0 Å². The molecule has 2 aliphatic carbocycles. The molecule has 0 aromatic heterocycles. The summed E-state index contributed by atoms with van der Waals surface area (Å²) in [6.45, 7) is 0. The third kappa shape index (κ3) is 1.59. The number of benzene rings is 8. The number of hydrogen-bond donors (Lipinski definition) is 0. The lowest BCUT2D eigenvalue weighted by Gasteiger charge is -2.31. The molecule has 156 valence electrons. The van der Waals surface area contributed by atoms with Gasteiger partial charge in [-0.1, -0.05) is 72.8 Å². The minimum absolute atomic E-state index is 1.16. The minimum Gasteiger partial charge on any atom is -0.0613 e. The second-order valence-corrected chi connectivity index (χ2v) is 10.6. The van der Waals surface area contributed by atoms with Gasteiger partial charge in [0, 0.05) is 0 Å². The summed E-state index contributed by atoms with van der Waals surface area (Å²) >= 11 is 0. The van der Waals surface area contributed by atoms with Crippen molar-refractivity contribution in [1.29, 1.82) is 0 Å². The van der Waals surface area contributed by atoms with E-state index in [4.69, 9.17) is 0 Å². The summed E-state index contributed by atoms with van der Waals surface area (Å²) in [4.78, 5) is 0. The molecule has 0 radical (unpaired) electrons. The highest BCUT2D eigenvalue weighted by Gasteiger charge is 2.30. The molecule has 0 heteroatoms. The van der Waals surface area contributed by atoms with Crippen molar-refractivity contribution in [2.75, 3.05) is 0 Å². The Bertz CT molecular complexity index is 2050. The van der Waals surface area contributed by atoms with Crippen LogP contribution in [0.25, 0.3) is 75.4 Å². The normalized spacial score (nSPS) is 15.2. The standard InChI is InChI=1S/C34H20/c1-5-17-13-15-25-26-16-14-18-6-2-8-20-22-10-4-12-24-23-11-3-9-21-19(7-1)27(17)31(25)33(29(21)23)34(30(22)24)32(26)28(18)20/h1-12H,13-16H2. The Hall–Kier alpha value is -3.90. The van der Waals surface area contributed by atoms with Crippen LogP contribution in [0.4, 0.5) is 0 Å². The van der Waals surface area contributed by atoms with Gasteiger partial charge in [-0.3, -0.25) is 0 Å². The molecule has 0 saturated heterocycles. The lowest BCUT2D eigenvalue weighted by molar-refractivity contribution is 0.905. The molecule has 2 aliphatic rings. The zero-order valence-electron chi connectivity index (χ0n) is 18.8. The van der Waals surface area contributed by atoms with E-state index in [2.05, 4.69) is 72.8 Å². The van der Waals surface area contributed by atoms with E-state index >= 15 is 0 Å². The van der Waals surface area contributed by atoms with Gasteiger partial charge in [0.25, 0.3) is 0 Å². The van der Waals surface area contributed by atoms with E-state index in [-0.39, 0.29) is 0 Å². The van der Waals surface area contributed by atoms with Gasteiger partial charge in [0.1, 0.15) is 0 Å². The average molecular weight is 429 g/mol. The fourth-order valence-electron chi connectivity index (χ4n) is 8.17. The van der Waals surface area contributed by atoms with E-state index in [1.54, 1.807) is 32.7 Å². The number of aryl methyl sites for hydroxylation is 4. The van der Waals surface area contributed by atoms with Crippen molar-refractivity contribution in [3.8, 4) is 0 Å². The quantitative estimate of drug-likeness (QED) is 0.167. The molecule has 0 atom stereocenters. The largest absolute Gasteiger partial charge is 0.0613 e. The maximum Gasteiger partial charge on any atom is -0.000432 e. The Morgan fingerprint density at radius 3 is 1.06 bits per heavy atom. The molecule has 34 heavy (non-hydrogen) atoms. The Kier molecular flexibility index (Phi) is 2.58. The minimum atomic E-state index is 1.16. The molecule has 8 aromatic carbocycles. The summed E-state index contributed by atoms with van der Waals surface area (Å²) < 4.78 is 0. The smallest absolute Gasteiger partial charge is 0.000432 e. The van der Waals surface area contributed by atoms with Gasteiger partial charge in [0.2, 0.25) is 0 Å². The monoisotopic (exact) mass is 428 g/mol. The van der Waals surface area contributed by atoms with Crippen molar-refractivity contribution in [3.63, 3.8) is 0 Å². The van der Waals surface area contributed by atoms with Gasteiger partial charge in [0.05, 0.1) is 0 Å². The first-order chi connectivity index (χ1) is 16.9. The molecule has 0 spiro atoms. The van der Waals surface area contributed by atoms with Crippen molar-refractivity contribution in [3.05, 3.63) is 95.1 Å². The first-order valence-electron chi connectivity index (χ1n) is 12.6. The molecule has 0 nitrogen and oxygen atoms in total. The van der Waals surface area contributed by atoms with Crippen LogP contribution in [0.1, 0.15) is 22.3 Å². The summed E-state index contributed by atoms with van der Waals surface area (Å²) in [5.41, 5.74) is 6.38. The molecule has 0 aliphatic heterocycles. The SMILES string of the molecule is c1cc2c3c(c1)c1cccc4c5cccc6c7cccc8c7c7c(c(c3c(c14)c7c65)CC2)CC8. The van der Waals surface area contributed by atoms with Gasteiger partial charge in [-0.05, 0) is 123 Å². The van der Waals surface area contributed by atoms with Crippen LogP contribution < -0.4 is 0 Å². The van der Waals surface area contributed by atoms with E-state index in [9.17, 15) is 0 Å². The fraction of sp³-hybridized carbons (Fsp3) is 0.118. The number of fused-ring (bicyclic) bond motifs is 4. The van der Waals surface area contributed by atoms with Crippen molar-refractivity contribution in [2.24, 2.45) is 0 Å². The molecule has 0 amide bonds. The van der Waals surface area contributed by atoms with Crippen LogP contribution in [0.5, 0.6) is 0 Å². The third-order valence-electron chi connectivity index (χ3n) is 9.31. The maximum atomic E-state index is 2.38. The van der Waals surface area contributed by atoms with Crippen LogP contribution in [-0.4, -0.2) is 0 Å². The van der Waals surface area contributed by atoms with E-state index in [1.807, 2.05) is 0 Å². The van der Waals surface area contributed by atoms with Crippen LogP contribution in [-0.2, 0) is 25.7 Å². The average Bonchev–Trinajstić information content (AvgIpc) is 2.90. The second kappa shape index (κ2) is 5.26. The van der Waals surface area contributed by atoms with Crippen molar-refractivity contribution in [1.82, 2.24) is 0 Å². The summed E-state index contributed by atoms with van der Waals surface area (Å²) in [7, 11) is 0. The molecule has 0 saturated carbocycles. The Labute approximate surface area is 196 Å². The van der Waals surface area contributed by atoms with Crippen LogP contribution in [0, 0.1) is 0 Å². The molecule has 0 heterocycles. The zero-order chi connectivity index (χ0) is 21.7. The molecule has 0 N–H and O–H groups in total. The topological polar surface area (TPSA) is 0 Å².